The van der Waals surface area contributed by atoms with E-state index in [0.717, 1.165) is 0 Å². The van der Waals surface area contributed by atoms with E-state index < -0.39 is 0 Å². The Bertz CT molecular complexity index is 998. The Labute approximate surface area is 194 Å². The summed E-state index contributed by atoms with van der Waals surface area (Å²) in [4.78, 5) is 27.1. The number of aromatic nitrogens is 2. The van der Waals surface area contributed by atoms with Gasteiger partial charge in [-0.25, -0.2) is 14.8 Å². The molecule has 8 nitrogen and oxygen atoms in total. The maximum absolute atomic E-state index is 12.0. The zero-order valence-corrected chi connectivity index (χ0v) is 18.9. The third-order valence-corrected chi connectivity index (χ3v) is 5.68. The molecular weight excluding hydrogens is 416 g/mol. The lowest BCUT2D eigenvalue weighted by Crippen LogP contribution is -2.49. The molecule has 8 heteroatoms. The van der Waals surface area contributed by atoms with Crippen LogP contribution in [0.25, 0.3) is 0 Å². The maximum atomic E-state index is 12.0. The van der Waals surface area contributed by atoms with Gasteiger partial charge in [-0.2, -0.15) is 0 Å². The molecule has 0 bridgehead atoms. The highest BCUT2D eigenvalue weighted by Gasteiger charge is 2.26. The first-order valence-corrected chi connectivity index (χ1v) is 11.3. The van der Waals surface area contributed by atoms with E-state index in [1.807, 2.05) is 43.3 Å². The lowest BCUT2D eigenvalue weighted by molar-refractivity contribution is 0.105. The predicted molar refractivity (Wildman–Crippen MR) is 130 cm³/mol. The number of amides is 1. The summed E-state index contributed by atoms with van der Waals surface area (Å²) in [6.45, 7) is 5.94. The standard InChI is InChI=1S/C25H30N6O2/c1-2-33-25(32)30-15-13-29(14-16-30)23-22(26)24(28-19-27-23)31(17-20-9-5-3-6-10-20)18-21-11-7-4-8-12-21/h3-12,19H,2,13-18,26H2,1H3. The first kappa shape index (κ1) is 22.4. The van der Waals surface area contributed by atoms with E-state index in [9.17, 15) is 4.79 Å². The topological polar surface area (TPSA) is 87.8 Å². The Hall–Kier alpha value is -3.81. The van der Waals surface area contributed by atoms with Gasteiger partial charge in [-0.15, -0.1) is 0 Å². The van der Waals surface area contributed by atoms with Gasteiger partial charge >= 0.3 is 6.09 Å². The molecule has 2 heterocycles. The number of rotatable bonds is 7. The van der Waals surface area contributed by atoms with Gasteiger partial charge in [0, 0.05) is 39.3 Å². The minimum absolute atomic E-state index is 0.273. The lowest BCUT2D eigenvalue weighted by atomic mass is 10.1. The molecule has 0 aliphatic carbocycles. The zero-order valence-electron chi connectivity index (χ0n) is 18.9. The van der Waals surface area contributed by atoms with Crippen LogP contribution in [0.5, 0.6) is 0 Å². The highest BCUT2D eigenvalue weighted by atomic mass is 16.6. The third kappa shape index (κ3) is 5.52. The van der Waals surface area contributed by atoms with Crippen molar-refractivity contribution >= 4 is 23.4 Å². The molecule has 1 aromatic heterocycles. The van der Waals surface area contributed by atoms with E-state index in [-0.39, 0.29) is 6.09 Å². The smallest absolute Gasteiger partial charge is 0.409 e. The van der Waals surface area contributed by atoms with Crippen molar-refractivity contribution in [3.63, 3.8) is 0 Å². The molecule has 0 radical (unpaired) electrons. The van der Waals surface area contributed by atoms with Gasteiger partial charge in [0.25, 0.3) is 0 Å². The third-order valence-electron chi connectivity index (χ3n) is 5.68. The summed E-state index contributed by atoms with van der Waals surface area (Å²) in [6.07, 6.45) is 1.30. The fourth-order valence-corrected chi connectivity index (χ4v) is 4.01. The number of hydrogen-bond acceptors (Lipinski definition) is 7. The normalized spacial score (nSPS) is 13.6. The van der Waals surface area contributed by atoms with Crippen LogP contribution < -0.4 is 15.5 Å². The summed E-state index contributed by atoms with van der Waals surface area (Å²) in [7, 11) is 0. The minimum atomic E-state index is -0.273. The number of hydrogen-bond donors (Lipinski definition) is 1. The van der Waals surface area contributed by atoms with Crippen LogP contribution in [0.1, 0.15) is 18.1 Å². The van der Waals surface area contributed by atoms with E-state index in [1.165, 1.54) is 11.1 Å². The summed E-state index contributed by atoms with van der Waals surface area (Å²) >= 11 is 0. The number of piperazine rings is 1. The van der Waals surface area contributed by atoms with Gasteiger partial charge in [-0.05, 0) is 18.1 Å². The number of carbonyl (C=O) groups excluding carboxylic acids is 1. The molecule has 0 unspecified atom stereocenters. The maximum Gasteiger partial charge on any atom is 0.409 e. The van der Waals surface area contributed by atoms with E-state index >= 15 is 0 Å². The SMILES string of the molecule is CCOC(=O)N1CCN(c2ncnc(N(Cc3ccccc3)Cc3ccccc3)c2N)CC1. The second-order valence-corrected chi connectivity index (χ2v) is 7.93. The number of anilines is 3. The molecule has 1 aliphatic rings. The fraction of sp³-hybridized carbons (Fsp3) is 0.320. The number of benzene rings is 2. The van der Waals surface area contributed by atoms with Crippen LogP contribution in [-0.2, 0) is 17.8 Å². The monoisotopic (exact) mass is 446 g/mol. The molecule has 2 aromatic carbocycles. The largest absolute Gasteiger partial charge is 0.450 e. The highest BCUT2D eigenvalue weighted by molar-refractivity contribution is 5.76. The summed E-state index contributed by atoms with van der Waals surface area (Å²) < 4.78 is 5.12. The molecule has 4 rings (SSSR count). The van der Waals surface area contributed by atoms with Crippen molar-refractivity contribution in [2.75, 3.05) is 48.3 Å². The van der Waals surface area contributed by atoms with Gasteiger partial charge in [0.15, 0.2) is 11.6 Å². The van der Waals surface area contributed by atoms with Crippen LogP contribution in [0.3, 0.4) is 0 Å². The fourth-order valence-electron chi connectivity index (χ4n) is 4.01. The summed E-state index contributed by atoms with van der Waals surface area (Å²) in [5.74, 6) is 1.41. The molecule has 33 heavy (non-hydrogen) atoms. The van der Waals surface area contributed by atoms with Crippen LogP contribution in [0.15, 0.2) is 67.0 Å². The second kappa shape index (κ2) is 10.7. The Morgan fingerprint density at radius 2 is 1.52 bits per heavy atom. The van der Waals surface area contributed by atoms with Gasteiger partial charge in [-0.1, -0.05) is 60.7 Å². The zero-order chi connectivity index (χ0) is 23.0. The summed E-state index contributed by atoms with van der Waals surface area (Å²) in [5.41, 5.74) is 9.55. The summed E-state index contributed by atoms with van der Waals surface area (Å²) in [5, 5.41) is 0. The number of ether oxygens (including phenoxy) is 1. The quantitative estimate of drug-likeness (QED) is 0.594. The van der Waals surface area contributed by atoms with E-state index in [1.54, 1.807) is 11.2 Å². The van der Waals surface area contributed by atoms with Crippen LogP contribution in [0.4, 0.5) is 22.1 Å². The molecule has 3 aromatic rings. The van der Waals surface area contributed by atoms with Crippen molar-refractivity contribution in [3.05, 3.63) is 78.1 Å². The average molecular weight is 447 g/mol. The van der Waals surface area contributed by atoms with E-state index in [2.05, 4.69) is 44.0 Å². The molecule has 1 fully saturated rings. The van der Waals surface area contributed by atoms with Gasteiger partial charge in [0.2, 0.25) is 0 Å². The number of carbonyl (C=O) groups is 1. The van der Waals surface area contributed by atoms with E-state index in [4.69, 9.17) is 10.5 Å². The van der Waals surface area contributed by atoms with Crippen molar-refractivity contribution in [2.45, 2.75) is 20.0 Å². The van der Waals surface area contributed by atoms with Gasteiger partial charge in [0.05, 0.1) is 6.61 Å². The Kier molecular flexibility index (Phi) is 7.24. The molecule has 0 spiro atoms. The summed E-state index contributed by atoms with van der Waals surface area (Å²) in [6, 6.07) is 20.6. The van der Waals surface area contributed by atoms with Crippen molar-refractivity contribution in [1.29, 1.82) is 0 Å². The number of nitrogens with two attached hydrogens (primary N) is 1. The van der Waals surface area contributed by atoms with Crippen LogP contribution in [0.2, 0.25) is 0 Å². The molecule has 2 N–H and O–H groups in total. The predicted octanol–water partition coefficient (Wildman–Crippen LogP) is 3.54. The average Bonchev–Trinajstić information content (AvgIpc) is 2.85. The number of nitrogens with zero attached hydrogens (tertiary/aromatic N) is 5. The highest BCUT2D eigenvalue weighted by Crippen LogP contribution is 2.31. The Balaban J connectivity index is 1.56. The van der Waals surface area contributed by atoms with Crippen LogP contribution in [0, 0.1) is 0 Å². The first-order valence-electron chi connectivity index (χ1n) is 11.3. The van der Waals surface area contributed by atoms with Crippen molar-refractivity contribution in [2.24, 2.45) is 0 Å². The minimum Gasteiger partial charge on any atom is -0.450 e. The Morgan fingerprint density at radius 3 is 2.06 bits per heavy atom. The molecule has 172 valence electrons. The van der Waals surface area contributed by atoms with Crippen molar-refractivity contribution < 1.29 is 9.53 Å². The van der Waals surface area contributed by atoms with Crippen LogP contribution >= 0.6 is 0 Å². The first-order chi connectivity index (χ1) is 16.2. The number of nitrogen functional groups attached to an aromatic ring is 1. The van der Waals surface area contributed by atoms with Crippen molar-refractivity contribution in [1.82, 2.24) is 14.9 Å². The molecular formula is C25H30N6O2. The van der Waals surface area contributed by atoms with Crippen molar-refractivity contribution in [3.8, 4) is 0 Å². The van der Waals surface area contributed by atoms with Crippen LogP contribution in [-0.4, -0.2) is 53.7 Å². The molecule has 1 saturated heterocycles. The molecule has 0 saturated carbocycles. The Morgan fingerprint density at radius 1 is 0.939 bits per heavy atom. The van der Waals surface area contributed by atoms with E-state index in [0.29, 0.717) is 63.2 Å². The second-order valence-electron chi connectivity index (χ2n) is 7.93. The van der Waals surface area contributed by atoms with Gasteiger partial charge in [0.1, 0.15) is 12.0 Å². The molecule has 1 aliphatic heterocycles. The molecule has 0 atom stereocenters. The van der Waals surface area contributed by atoms with Gasteiger partial charge in [-0.3, -0.25) is 0 Å². The molecule has 1 amide bonds. The lowest BCUT2D eigenvalue weighted by Gasteiger charge is -2.35. The van der Waals surface area contributed by atoms with Gasteiger partial charge < -0.3 is 25.2 Å².